The maximum absolute atomic E-state index is 12.2. The van der Waals surface area contributed by atoms with Gasteiger partial charge in [-0.1, -0.05) is 59.6 Å². The zero-order chi connectivity index (χ0) is 21.0. The van der Waals surface area contributed by atoms with Crippen LogP contribution in [0.2, 0.25) is 10.0 Å². The number of likely N-dealkylation sites (tertiary alicyclic amines) is 1. The van der Waals surface area contributed by atoms with Crippen molar-refractivity contribution in [3.05, 3.63) is 69.7 Å². The van der Waals surface area contributed by atoms with Crippen LogP contribution >= 0.6 is 23.2 Å². The van der Waals surface area contributed by atoms with Crippen molar-refractivity contribution in [2.75, 3.05) is 26.2 Å². The van der Waals surface area contributed by atoms with Crippen LogP contribution in [0.25, 0.3) is 0 Å². The van der Waals surface area contributed by atoms with Crippen molar-refractivity contribution in [2.45, 2.75) is 31.5 Å². The molecule has 3 rings (SSSR count). The van der Waals surface area contributed by atoms with E-state index in [4.69, 9.17) is 23.2 Å². The summed E-state index contributed by atoms with van der Waals surface area (Å²) in [6.45, 7) is 3.12. The van der Waals surface area contributed by atoms with Crippen molar-refractivity contribution in [1.29, 1.82) is 0 Å². The van der Waals surface area contributed by atoms with E-state index in [1.807, 2.05) is 42.5 Å². The number of hydrogen-bond acceptors (Lipinski definition) is 3. The van der Waals surface area contributed by atoms with E-state index in [9.17, 15) is 15.0 Å². The predicted octanol–water partition coefficient (Wildman–Crippen LogP) is 3.49. The Bertz CT molecular complexity index is 845. The smallest absolute Gasteiger partial charge is 0.217 e. The van der Waals surface area contributed by atoms with Crippen LogP contribution in [0.15, 0.2) is 48.5 Å². The summed E-state index contributed by atoms with van der Waals surface area (Å²) in [4.78, 5) is 12.2. The molecule has 2 aromatic carbocycles. The number of halogens is 2. The van der Waals surface area contributed by atoms with Gasteiger partial charge in [-0.3, -0.25) is 4.79 Å². The highest BCUT2D eigenvalue weighted by Gasteiger charge is 2.48. The van der Waals surface area contributed by atoms with E-state index < -0.39 is 6.10 Å². The van der Waals surface area contributed by atoms with Gasteiger partial charge in [0.15, 0.2) is 0 Å². The highest BCUT2D eigenvalue weighted by atomic mass is 35.5. The van der Waals surface area contributed by atoms with Gasteiger partial charge in [0.2, 0.25) is 5.91 Å². The predicted molar refractivity (Wildman–Crippen MR) is 115 cm³/mol. The lowest BCUT2D eigenvalue weighted by atomic mass is 9.90. The number of carbonyl (C=O) groups excluding carboxylic acids is 1. The van der Waals surface area contributed by atoms with Gasteiger partial charge in [0.05, 0.1) is 23.2 Å². The fraction of sp³-hybridized carbons (Fsp3) is 0.409. The Morgan fingerprint density at radius 1 is 1.17 bits per heavy atom. The molecule has 0 spiro atoms. The molecule has 0 aliphatic carbocycles. The van der Waals surface area contributed by atoms with E-state index >= 15 is 0 Å². The van der Waals surface area contributed by atoms with Gasteiger partial charge in [-0.15, -0.1) is 0 Å². The Morgan fingerprint density at radius 3 is 2.45 bits per heavy atom. The van der Waals surface area contributed by atoms with Crippen molar-refractivity contribution in [3.63, 3.8) is 0 Å². The number of hydrogen-bond donors (Lipinski definition) is 3. The SMILES string of the molecule is CC(=O)N[C@@H](c1ccccc1)C(c1ccc(Cl)c(Cl)c1)[N+]1(CCO)CC[C@H](O)C1. The Hall–Kier alpha value is -1.63. The molecule has 156 valence electrons. The molecule has 0 radical (unpaired) electrons. The molecule has 1 saturated heterocycles. The summed E-state index contributed by atoms with van der Waals surface area (Å²) in [5.74, 6) is -0.147. The largest absolute Gasteiger partial charge is 0.391 e. The van der Waals surface area contributed by atoms with Crippen LogP contribution in [0, 0.1) is 0 Å². The zero-order valence-electron chi connectivity index (χ0n) is 16.4. The van der Waals surface area contributed by atoms with Gasteiger partial charge in [0.1, 0.15) is 31.3 Å². The van der Waals surface area contributed by atoms with Crippen molar-refractivity contribution in [3.8, 4) is 0 Å². The molecule has 3 N–H and O–H groups in total. The maximum Gasteiger partial charge on any atom is 0.217 e. The third-order valence-corrected chi connectivity index (χ3v) is 6.47. The first kappa shape index (κ1) is 22.1. The lowest BCUT2D eigenvalue weighted by Gasteiger charge is -2.45. The first-order chi connectivity index (χ1) is 13.9. The van der Waals surface area contributed by atoms with Crippen molar-refractivity contribution in [1.82, 2.24) is 5.32 Å². The second kappa shape index (κ2) is 9.45. The molecule has 0 bridgehead atoms. The highest BCUT2D eigenvalue weighted by molar-refractivity contribution is 6.42. The number of amides is 1. The van der Waals surface area contributed by atoms with Crippen LogP contribution in [0.5, 0.6) is 0 Å². The van der Waals surface area contributed by atoms with Crippen LogP contribution in [0.4, 0.5) is 0 Å². The second-order valence-corrected chi connectivity index (χ2v) is 8.54. The minimum absolute atomic E-state index is 0.0217. The van der Waals surface area contributed by atoms with Gasteiger partial charge in [-0.25, -0.2) is 0 Å². The molecule has 7 heteroatoms. The molecule has 1 aliphatic rings. The minimum atomic E-state index is -0.458. The summed E-state index contributed by atoms with van der Waals surface area (Å²) in [7, 11) is 0. The number of aliphatic hydroxyl groups is 2. The topological polar surface area (TPSA) is 69.6 Å². The first-order valence-electron chi connectivity index (χ1n) is 9.78. The molecule has 1 amide bonds. The van der Waals surface area contributed by atoms with E-state index in [0.717, 1.165) is 11.1 Å². The van der Waals surface area contributed by atoms with Crippen LogP contribution in [-0.2, 0) is 4.79 Å². The van der Waals surface area contributed by atoms with E-state index in [0.29, 0.717) is 40.6 Å². The van der Waals surface area contributed by atoms with E-state index in [1.54, 1.807) is 6.07 Å². The second-order valence-electron chi connectivity index (χ2n) is 7.72. The third-order valence-electron chi connectivity index (χ3n) is 5.74. The van der Waals surface area contributed by atoms with Gasteiger partial charge >= 0.3 is 0 Å². The monoisotopic (exact) mass is 437 g/mol. The summed E-state index contributed by atoms with van der Waals surface area (Å²) < 4.78 is 0.454. The van der Waals surface area contributed by atoms with Gasteiger partial charge in [-0.05, 0) is 17.7 Å². The summed E-state index contributed by atoms with van der Waals surface area (Å²) in [6, 6.07) is 14.6. The molecular formula is C22H27Cl2N2O3+. The van der Waals surface area contributed by atoms with Crippen LogP contribution in [0.1, 0.15) is 36.6 Å². The molecule has 1 aliphatic heterocycles. The Kier molecular flexibility index (Phi) is 7.19. The summed E-state index contributed by atoms with van der Waals surface area (Å²) in [6.07, 6.45) is 0.180. The van der Waals surface area contributed by atoms with Gasteiger partial charge in [0, 0.05) is 18.9 Å². The number of benzene rings is 2. The van der Waals surface area contributed by atoms with E-state index in [-0.39, 0.29) is 24.6 Å². The number of nitrogens with zero attached hydrogens (tertiary/aromatic N) is 1. The molecule has 5 nitrogen and oxygen atoms in total. The molecule has 1 fully saturated rings. The fourth-order valence-corrected chi connectivity index (χ4v) is 4.85. The Morgan fingerprint density at radius 2 is 1.90 bits per heavy atom. The molecular weight excluding hydrogens is 411 g/mol. The lowest BCUT2D eigenvalue weighted by Crippen LogP contribution is -2.55. The molecule has 1 heterocycles. The first-order valence-corrected chi connectivity index (χ1v) is 10.5. The standard InChI is InChI=1S/C22H26Cl2N2O3/c1-15(28)25-21(16-5-3-2-4-6-16)22(17-7-8-19(23)20(24)13-17)26(11-12-27)10-9-18(29)14-26/h2-8,13,18,21-22,27,29H,9-12,14H2,1H3/p+1/t18-,21-,22?,26?/m0/s1. The average Bonchev–Trinajstić information content (AvgIpc) is 3.06. The van der Waals surface area contributed by atoms with Crippen molar-refractivity contribution in [2.24, 2.45) is 0 Å². The maximum atomic E-state index is 12.2. The van der Waals surface area contributed by atoms with Crippen LogP contribution < -0.4 is 5.32 Å². The summed E-state index contributed by atoms with van der Waals surface area (Å²) >= 11 is 12.5. The minimum Gasteiger partial charge on any atom is -0.391 e. The number of quaternary nitrogens is 1. The molecule has 4 atom stereocenters. The van der Waals surface area contributed by atoms with Gasteiger partial charge in [0.25, 0.3) is 0 Å². The Balaban J connectivity index is 2.19. The molecule has 29 heavy (non-hydrogen) atoms. The Labute approximate surface area is 181 Å². The quantitative estimate of drug-likeness (QED) is 0.580. The van der Waals surface area contributed by atoms with Crippen LogP contribution in [-0.4, -0.2) is 52.9 Å². The third kappa shape index (κ3) is 4.93. The number of carbonyl (C=O) groups is 1. The normalized spacial score (nSPS) is 23.6. The number of aliphatic hydroxyl groups excluding tert-OH is 2. The van der Waals surface area contributed by atoms with Crippen molar-refractivity contribution >= 4 is 29.1 Å². The molecule has 0 saturated carbocycles. The van der Waals surface area contributed by atoms with Crippen molar-refractivity contribution < 1.29 is 19.5 Å². The zero-order valence-corrected chi connectivity index (χ0v) is 17.9. The lowest BCUT2D eigenvalue weighted by molar-refractivity contribution is -0.949. The molecule has 0 aromatic heterocycles. The van der Waals surface area contributed by atoms with E-state index in [2.05, 4.69) is 5.32 Å². The summed E-state index contributed by atoms with van der Waals surface area (Å²) in [5, 5.41) is 24.3. The average molecular weight is 438 g/mol. The highest BCUT2D eigenvalue weighted by Crippen LogP contribution is 2.43. The fourth-order valence-electron chi connectivity index (χ4n) is 4.55. The van der Waals surface area contributed by atoms with Crippen LogP contribution in [0.3, 0.4) is 0 Å². The van der Waals surface area contributed by atoms with E-state index in [1.165, 1.54) is 6.92 Å². The number of nitrogens with one attached hydrogen (secondary N) is 1. The molecule has 2 aromatic rings. The van der Waals surface area contributed by atoms with Gasteiger partial charge < -0.3 is 20.0 Å². The molecule has 2 unspecified atom stereocenters. The summed E-state index contributed by atoms with van der Waals surface area (Å²) in [5.41, 5.74) is 1.86. The van der Waals surface area contributed by atoms with Gasteiger partial charge in [-0.2, -0.15) is 0 Å². The number of rotatable bonds is 7.